The van der Waals surface area contributed by atoms with Gasteiger partial charge in [0.05, 0.1) is 17.9 Å². The van der Waals surface area contributed by atoms with Crippen molar-refractivity contribution in [3.8, 4) is 6.07 Å². The average Bonchev–Trinajstić information content (AvgIpc) is 2.36. The molecule has 0 aliphatic rings. The predicted octanol–water partition coefficient (Wildman–Crippen LogP) is 1.28. The van der Waals surface area contributed by atoms with Crippen molar-refractivity contribution in [1.82, 2.24) is 5.32 Å². The van der Waals surface area contributed by atoms with Crippen LogP contribution in [0.3, 0.4) is 0 Å². The minimum absolute atomic E-state index is 0.0485. The molecule has 0 aliphatic carbocycles. The summed E-state index contributed by atoms with van der Waals surface area (Å²) in [6.45, 7) is 2.38. The summed E-state index contributed by atoms with van der Waals surface area (Å²) in [7, 11) is 0. The van der Waals surface area contributed by atoms with Crippen molar-refractivity contribution in [3.63, 3.8) is 0 Å². The smallest absolute Gasteiger partial charge is 0.230 e. The first-order valence-corrected chi connectivity index (χ1v) is 6.23. The Labute approximate surface area is 105 Å². The van der Waals surface area contributed by atoms with Gasteiger partial charge in [-0.05, 0) is 24.6 Å². The lowest BCUT2D eigenvalue weighted by Crippen LogP contribution is -2.24. The highest BCUT2D eigenvalue weighted by Gasteiger charge is 2.06. The summed E-state index contributed by atoms with van der Waals surface area (Å²) in [6, 6.07) is 7.21. The monoisotopic (exact) mass is 250 g/mol. The fourth-order valence-electron chi connectivity index (χ4n) is 1.28. The Morgan fingerprint density at radius 2 is 2.35 bits per heavy atom. The predicted molar refractivity (Wildman–Crippen MR) is 66.5 cm³/mol. The molecule has 1 aromatic carbocycles. The van der Waals surface area contributed by atoms with Crippen molar-refractivity contribution in [2.75, 3.05) is 12.3 Å². The number of hydrogen-bond acceptors (Lipinski definition) is 4. The summed E-state index contributed by atoms with van der Waals surface area (Å²) >= 11 is 1.32. The van der Waals surface area contributed by atoms with Gasteiger partial charge in [-0.15, -0.1) is 11.8 Å². The lowest BCUT2D eigenvalue weighted by Gasteiger charge is -2.05. The summed E-state index contributed by atoms with van der Waals surface area (Å²) in [6.07, 6.45) is 0. The molecule has 0 saturated carbocycles. The number of carbonyl (C=O) groups excluding carboxylic acids is 1. The number of aliphatic hydroxyl groups excluding tert-OH is 1. The number of amides is 1. The third-order valence-electron chi connectivity index (χ3n) is 2.08. The van der Waals surface area contributed by atoms with Crippen LogP contribution in [0, 0.1) is 11.3 Å². The zero-order valence-electron chi connectivity index (χ0n) is 9.56. The van der Waals surface area contributed by atoms with E-state index in [4.69, 9.17) is 10.4 Å². The molecule has 0 atom stereocenters. The molecule has 0 aromatic heterocycles. The summed E-state index contributed by atoms with van der Waals surface area (Å²) in [5.74, 6) is 0.244. The van der Waals surface area contributed by atoms with Gasteiger partial charge in [0.2, 0.25) is 5.91 Å². The number of hydrogen-bond donors (Lipinski definition) is 2. The molecule has 0 aliphatic heterocycles. The van der Waals surface area contributed by atoms with Crippen molar-refractivity contribution in [3.05, 3.63) is 29.3 Å². The van der Waals surface area contributed by atoms with Crippen LogP contribution in [0.25, 0.3) is 0 Å². The van der Waals surface area contributed by atoms with Crippen molar-refractivity contribution in [2.45, 2.75) is 18.4 Å². The summed E-state index contributed by atoms with van der Waals surface area (Å²) in [5, 5.41) is 20.6. The van der Waals surface area contributed by atoms with Crippen molar-refractivity contribution >= 4 is 17.7 Å². The Hall–Kier alpha value is -1.51. The third-order valence-corrected chi connectivity index (χ3v) is 3.15. The van der Waals surface area contributed by atoms with Gasteiger partial charge in [0.15, 0.2) is 0 Å². The van der Waals surface area contributed by atoms with Crippen LogP contribution in [0.5, 0.6) is 0 Å². The number of aliphatic hydroxyl groups is 1. The Morgan fingerprint density at radius 3 is 2.94 bits per heavy atom. The number of nitrogens with zero attached hydrogens (tertiary/aromatic N) is 1. The van der Waals surface area contributed by atoms with E-state index >= 15 is 0 Å². The minimum Gasteiger partial charge on any atom is -0.392 e. The van der Waals surface area contributed by atoms with Crippen molar-refractivity contribution in [2.24, 2.45) is 0 Å². The zero-order valence-corrected chi connectivity index (χ0v) is 10.4. The van der Waals surface area contributed by atoms with Gasteiger partial charge in [-0.1, -0.05) is 6.07 Å². The largest absolute Gasteiger partial charge is 0.392 e. The molecule has 17 heavy (non-hydrogen) atoms. The molecule has 1 aromatic rings. The number of nitrogens with one attached hydrogen (secondary N) is 1. The third kappa shape index (κ3) is 4.10. The minimum atomic E-state index is -0.0874. The average molecular weight is 250 g/mol. The van der Waals surface area contributed by atoms with Gasteiger partial charge in [-0.25, -0.2) is 0 Å². The Bertz CT molecular complexity index is 441. The fourth-order valence-corrected chi connectivity index (χ4v) is 2.09. The van der Waals surface area contributed by atoms with Gasteiger partial charge < -0.3 is 10.4 Å². The summed E-state index contributed by atoms with van der Waals surface area (Å²) in [5.41, 5.74) is 1.19. The first kappa shape index (κ1) is 13.6. The number of rotatable bonds is 5. The van der Waals surface area contributed by atoms with E-state index in [0.717, 1.165) is 4.90 Å². The first-order chi connectivity index (χ1) is 8.21. The second-order valence-electron chi connectivity index (χ2n) is 3.34. The molecule has 0 fully saturated rings. The van der Waals surface area contributed by atoms with E-state index in [9.17, 15) is 4.79 Å². The van der Waals surface area contributed by atoms with Gasteiger partial charge in [0.25, 0.3) is 0 Å². The van der Waals surface area contributed by atoms with Crippen LogP contribution in [0.1, 0.15) is 18.1 Å². The maximum absolute atomic E-state index is 11.3. The van der Waals surface area contributed by atoms with Crippen LogP contribution in [0.2, 0.25) is 0 Å². The highest BCUT2D eigenvalue weighted by Crippen LogP contribution is 2.23. The van der Waals surface area contributed by atoms with E-state index < -0.39 is 0 Å². The van der Waals surface area contributed by atoms with Crippen molar-refractivity contribution < 1.29 is 9.90 Å². The molecule has 4 nitrogen and oxygen atoms in total. The van der Waals surface area contributed by atoms with Crippen LogP contribution in [0.4, 0.5) is 0 Å². The van der Waals surface area contributed by atoms with Gasteiger partial charge in [0, 0.05) is 11.4 Å². The standard InChI is InChI=1S/C12H14N2O2S/c1-2-14-12(16)8-17-11-4-3-9(7-15)5-10(11)6-13/h3-5,15H,2,7-8H2,1H3,(H,14,16). The van der Waals surface area contributed by atoms with Gasteiger partial charge in [-0.2, -0.15) is 5.26 Å². The number of carbonyl (C=O) groups is 1. The molecule has 0 heterocycles. The molecular formula is C12H14N2O2S. The number of benzene rings is 1. The zero-order chi connectivity index (χ0) is 12.7. The van der Waals surface area contributed by atoms with E-state index in [1.807, 2.05) is 6.92 Å². The van der Waals surface area contributed by atoms with Crippen LogP contribution in [-0.2, 0) is 11.4 Å². The molecule has 0 bridgehead atoms. The maximum Gasteiger partial charge on any atom is 0.230 e. The number of thioether (sulfide) groups is 1. The highest BCUT2D eigenvalue weighted by atomic mass is 32.2. The molecule has 1 rings (SSSR count). The molecule has 0 unspecified atom stereocenters. The topological polar surface area (TPSA) is 73.1 Å². The Kier molecular flexibility index (Phi) is 5.53. The van der Waals surface area contributed by atoms with Gasteiger partial charge >= 0.3 is 0 Å². The maximum atomic E-state index is 11.3. The molecule has 90 valence electrons. The van der Waals surface area contributed by atoms with Crippen LogP contribution < -0.4 is 5.32 Å². The van der Waals surface area contributed by atoms with E-state index in [-0.39, 0.29) is 12.5 Å². The molecule has 2 N–H and O–H groups in total. The lowest BCUT2D eigenvalue weighted by molar-refractivity contribution is -0.118. The Morgan fingerprint density at radius 1 is 1.59 bits per heavy atom. The van der Waals surface area contributed by atoms with E-state index in [2.05, 4.69) is 11.4 Å². The van der Waals surface area contributed by atoms with E-state index in [1.54, 1.807) is 18.2 Å². The van der Waals surface area contributed by atoms with Gasteiger partial charge in [0.1, 0.15) is 6.07 Å². The Balaban J connectivity index is 2.71. The molecule has 5 heteroatoms. The van der Waals surface area contributed by atoms with Crippen LogP contribution in [-0.4, -0.2) is 23.3 Å². The second-order valence-corrected chi connectivity index (χ2v) is 4.36. The highest BCUT2D eigenvalue weighted by molar-refractivity contribution is 8.00. The second kappa shape index (κ2) is 6.94. The quantitative estimate of drug-likeness (QED) is 0.772. The fraction of sp³-hybridized carbons (Fsp3) is 0.333. The van der Waals surface area contributed by atoms with Gasteiger partial charge in [-0.3, -0.25) is 4.79 Å². The SMILES string of the molecule is CCNC(=O)CSc1ccc(CO)cc1C#N. The molecule has 0 spiro atoms. The molecule has 1 amide bonds. The summed E-state index contributed by atoms with van der Waals surface area (Å²) < 4.78 is 0. The normalized spacial score (nSPS) is 9.71. The lowest BCUT2D eigenvalue weighted by atomic mass is 10.1. The molecule has 0 saturated heterocycles. The van der Waals surface area contributed by atoms with Crippen LogP contribution >= 0.6 is 11.8 Å². The van der Waals surface area contributed by atoms with Crippen molar-refractivity contribution in [1.29, 1.82) is 5.26 Å². The molecular weight excluding hydrogens is 236 g/mol. The number of nitriles is 1. The first-order valence-electron chi connectivity index (χ1n) is 5.24. The van der Waals surface area contributed by atoms with Crippen LogP contribution in [0.15, 0.2) is 23.1 Å². The van der Waals surface area contributed by atoms with E-state index in [1.165, 1.54) is 11.8 Å². The van der Waals surface area contributed by atoms with E-state index in [0.29, 0.717) is 23.4 Å². The molecule has 0 radical (unpaired) electrons. The summed E-state index contributed by atoms with van der Waals surface area (Å²) in [4.78, 5) is 12.0.